The van der Waals surface area contributed by atoms with Crippen molar-refractivity contribution in [1.82, 2.24) is 4.90 Å². The molecule has 2 aromatic carbocycles. The topological polar surface area (TPSA) is 106 Å². The molecule has 182 valence electrons. The van der Waals surface area contributed by atoms with Gasteiger partial charge in [0, 0.05) is 20.0 Å². The Morgan fingerprint density at radius 3 is 2.44 bits per heavy atom. The molecule has 0 spiro atoms. The van der Waals surface area contributed by atoms with Crippen LogP contribution in [-0.4, -0.2) is 74.9 Å². The number of carboxylic acids is 1. The average Bonchev–Trinajstić information content (AvgIpc) is 2.91. The summed E-state index contributed by atoms with van der Waals surface area (Å²) in [4.78, 5) is 41.1. The van der Waals surface area contributed by atoms with Crippen LogP contribution in [-0.2, 0) is 19.1 Å². The van der Waals surface area contributed by atoms with E-state index in [0.29, 0.717) is 35.2 Å². The van der Waals surface area contributed by atoms with Crippen LogP contribution in [0.3, 0.4) is 0 Å². The summed E-state index contributed by atoms with van der Waals surface area (Å²) in [6.45, 7) is 1.65. The van der Waals surface area contributed by atoms with Gasteiger partial charge in [-0.15, -0.1) is 11.8 Å². The molecule has 1 N–H and O–H groups in total. The van der Waals surface area contributed by atoms with E-state index in [-0.39, 0.29) is 5.91 Å². The van der Waals surface area contributed by atoms with Crippen molar-refractivity contribution in [3.8, 4) is 11.5 Å². The lowest BCUT2D eigenvalue weighted by atomic mass is 10.1. The molecular formula is C24H28N2O7S. The van der Waals surface area contributed by atoms with Crippen LogP contribution in [0.5, 0.6) is 11.5 Å². The van der Waals surface area contributed by atoms with Crippen molar-refractivity contribution >= 4 is 35.3 Å². The molecule has 0 unspecified atom stereocenters. The first-order valence-corrected chi connectivity index (χ1v) is 11.5. The highest BCUT2D eigenvalue weighted by Crippen LogP contribution is 2.50. The SMILES string of the molecule is COc1ccc([C@@H]2Sc3c(OCC(=O)O)cccc3N(CCN(C)C)C(=O)[C@@H]2OC(C)=O)cc1. The lowest BCUT2D eigenvalue weighted by Gasteiger charge is -2.28. The molecule has 1 aliphatic rings. The smallest absolute Gasteiger partial charge is 0.341 e. The molecule has 0 saturated carbocycles. The third-order valence-electron chi connectivity index (χ3n) is 5.14. The molecule has 1 heterocycles. The highest BCUT2D eigenvalue weighted by molar-refractivity contribution is 8.00. The van der Waals surface area contributed by atoms with Crippen molar-refractivity contribution in [2.75, 3.05) is 45.8 Å². The van der Waals surface area contributed by atoms with Crippen molar-refractivity contribution in [2.24, 2.45) is 0 Å². The Bertz CT molecular complexity index is 1040. The molecular weight excluding hydrogens is 460 g/mol. The van der Waals surface area contributed by atoms with Crippen molar-refractivity contribution in [3.63, 3.8) is 0 Å². The van der Waals surface area contributed by atoms with E-state index in [4.69, 9.17) is 19.3 Å². The van der Waals surface area contributed by atoms with Crippen LogP contribution in [0.2, 0.25) is 0 Å². The minimum absolute atomic E-state index is 0.342. The number of fused-ring (bicyclic) bond motifs is 1. The summed E-state index contributed by atoms with van der Waals surface area (Å²) in [5.41, 5.74) is 1.33. The molecule has 2 atom stereocenters. The van der Waals surface area contributed by atoms with Gasteiger partial charge in [-0.25, -0.2) is 4.79 Å². The molecule has 10 heteroatoms. The lowest BCUT2D eigenvalue weighted by molar-refractivity contribution is -0.152. The summed E-state index contributed by atoms with van der Waals surface area (Å²) >= 11 is 1.30. The highest BCUT2D eigenvalue weighted by atomic mass is 32.2. The molecule has 3 rings (SSSR count). The largest absolute Gasteiger partial charge is 0.497 e. The van der Waals surface area contributed by atoms with Gasteiger partial charge in [-0.05, 0) is 43.9 Å². The Hall–Kier alpha value is -3.24. The first kappa shape index (κ1) is 25.4. The standard InChI is InChI=1S/C24H28N2O7S/c1-15(27)33-21-22(16-8-10-17(31-4)11-9-16)34-23-18(26(24(21)30)13-12-25(2)3)6-5-7-19(23)32-14-20(28)29/h5-11,21-22H,12-14H2,1-4H3,(H,28,29)/t21-,22+/m1/s1. The van der Waals surface area contributed by atoms with Gasteiger partial charge in [-0.1, -0.05) is 18.2 Å². The third-order valence-corrected chi connectivity index (χ3v) is 6.56. The molecule has 34 heavy (non-hydrogen) atoms. The Morgan fingerprint density at radius 1 is 1.15 bits per heavy atom. The minimum atomic E-state index is -1.11. The van der Waals surface area contributed by atoms with Gasteiger partial charge in [0.05, 0.1) is 22.9 Å². The number of hydrogen-bond acceptors (Lipinski definition) is 8. The van der Waals surface area contributed by atoms with Gasteiger partial charge in [-0.3, -0.25) is 9.59 Å². The minimum Gasteiger partial charge on any atom is -0.497 e. The number of likely N-dealkylation sites (N-methyl/N-ethyl adjacent to an activating group) is 1. The van der Waals surface area contributed by atoms with E-state index in [0.717, 1.165) is 5.56 Å². The van der Waals surface area contributed by atoms with E-state index in [1.54, 1.807) is 42.3 Å². The normalized spacial score (nSPS) is 17.7. The molecule has 0 bridgehead atoms. The maximum absolute atomic E-state index is 13.8. The molecule has 0 aliphatic carbocycles. The summed E-state index contributed by atoms with van der Waals surface area (Å²) < 4.78 is 16.4. The summed E-state index contributed by atoms with van der Waals surface area (Å²) in [6, 6.07) is 12.3. The van der Waals surface area contributed by atoms with Crippen LogP contribution in [0.4, 0.5) is 5.69 Å². The quantitative estimate of drug-likeness (QED) is 0.533. The Kier molecular flexibility index (Phi) is 8.41. The van der Waals surface area contributed by atoms with E-state index in [1.807, 2.05) is 31.1 Å². The van der Waals surface area contributed by atoms with Crippen molar-refractivity contribution in [3.05, 3.63) is 48.0 Å². The van der Waals surface area contributed by atoms with E-state index in [2.05, 4.69) is 0 Å². The molecule has 9 nitrogen and oxygen atoms in total. The monoisotopic (exact) mass is 488 g/mol. The Morgan fingerprint density at radius 2 is 1.85 bits per heavy atom. The second-order valence-corrected chi connectivity index (χ2v) is 9.07. The predicted octanol–water partition coefficient (Wildman–Crippen LogP) is 2.83. The number of nitrogens with zero attached hydrogens (tertiary/aromatic N) is 2. The Labute approximate surface area is 202 Å². The summed E-state index contributed by atoms with van der Waals surface area (Å²) in [7, 11) is 5.35. The summed E-state index contributed by atoms with van der Waals surface area (Å²) in [5.74, 6) is -1.05. The zero-order valence-electron chi connectivity index (χ0n) is 19.5. The van der Waals surface area contributed by atoms with Crippen LogP contribution in [0.25, 0.3) is 0 Å². The maximum Gasteiger partial charge on any atom is 0.341 e. The molecule has 1 aliphatic heterocycles. The highest BCUT2D eigenvalue weighted by Gasteiger charge is 2.41. The van der Waals surface area contributed by atoms with Gasteiger partial charge in [-0.2, -0.15) is 0 Å². The van der Waals surface area contributed by atoms with Crippen LogP contribution >= 0.6 is 11.8 Å². The van der Waals surface area contributed by atoms with Crippen molar-refractivity contribution in [1.29, 1.82) is 0 Å². The number of benzene rings is 2. The maximum atomic E-state index is 13.8. The second kappa shape index (κ2) is 11.3. The third kappa shape index (κ3) is 6.00. The van der Waals surface area contributed by atoms with E-state index in [9.17, 15) is 14.4 Å². The van der Waals surface area contributed by atoms with Crippen molar-refractivity contribution in [2.45, 2.75) is 23.2 Å². The van der Waals surface area contributed by atoms with Gasteiger partial charge in [0.15, 0.2) is 12.7 Å². The van der Waals surface area contributed by atoms with E-state index < -0.39 is 29.9 Å². The molecule has 0 aromatic heterocycles. The fourth-order valence-corrected chi connectivity index (χ4v) is 4.92. The number of carbonyl (C=O) groups excluding carboxylic acids is 2. The Balaban J connectivity index is 2.14. The van der Waals surface area contributed by atoms with Crippen LogP contribution in [0.15, 0.2) is 47.4 Å². The average molecular weight is 489 g/mol. The number of rotatable bonds is 9. The predicted molar refractivity (Wildman–Crippen MR) is 128 cm³/mol. The van der Waals surface area contributed by atoms with Crippen LogP contribution in [0.1, 0.15) is 17.7 Å². The van der Waals surface area contributed by atoms with Crippen molar-refractivity contribution < 1.29 is 33.7 Å². The molecule has 2 aromatic rings. The number of ether oxygens (including phenoxy) is 3. The van der Waals surface area contributed by atoms with Crippen LogP contribution < -0.4 is 14.4 Å². The van der Waals surface area contributed by atoms with Crippen LogP contribution in [0, 0.1) is 0 Å². The van der Waals surface area contributed by atoms with Gasteiger partial charge in [0.1, 0.15) is 11.5 Å². The number of carbonyl (C=O) groups is 3. The first-order valence-electron chi connectivity index (χ1n) is 10.6. The molecule has 0 radical (unpaired) electrons. The number of methoxy groups -OCH3 is 1. The first-order chi connectivity index (χ1) is 16.2. The second-order valence-electron chi connectivity index (χ2n) is 7.92. The fraction of sp³-hybridized carbons (Fsp3) is 0.375. The zero-order valence-corrected chi connectivity index (χ0v) is 20.3. The van der Waals surface area contributed by atoms with Gasteiger partial charge in [0.2, 0.25) is 0 Å². The molecule has 0 saturated heterocycles. The summed E-state index contributed by atoms with van der Waals surface area (Å²) in [6.07, 6.45) is -1.10. The number of anilines is 1. The molecule has 0 fully saturated rings. The number of thioether (sulfide) groups is 1. The fourth-order valence-electron chi connectivity index (χ4n) is 3.54. The summed E-state index contributed by atoms with van der Waals surface area (Å²) in [5, 5.41) is 8.53. The number of amides is 1. The zero-order chi connectivity index (χ0) is 24.8. The number of carboxylic acid groups (broad SMARTS) is 1. The molecule has 1 amide bonds. The number of hydrogen-bond donors (Lipinski definition) is 1. The van der Waals surface area contributed by atoms with Gasteiger partial charge >= 0.3 is 11.9 Å². The lowest BCUT2D eigenvalue weighted by Crippen LogP contribution is -2.45. The van der Waals surface area contributed by atoms with E-state index >= 15 is 0 Å². The van der Waals surface area contributed by atoms with Gasteiger partial charge in [0.25, 0.3) is 5.91 Å². The number of esters is 1. The van der Waals surface area contributed by atoms with E-state index in [1.165, 1.54) is 18.7 Å². The number of aliphatic carboxylic acids is 1. The van der Waals surface area contributed by atoms with Gasteiger partial charge < -0.3 is 29.1 Å².